The summed E-state index contributed by atoms with van der Waals surface area (Å²) in [4.78, 5) is 16.3. The number of rotatable bonds is 1. The lowest BCUT2D eigenvalue weighted by atomic mass is 9.90. The van der Waals surface area contributed by atoms with Gasteiger partial charge in [0.1, 0.15) is 6.17 Å². The van der Waals surface area contributed by atoms with Crippen LogP contribution < -0.4 is 16.0 Å². The van der Waals surface area contributed by atoms with Crippen molar-refractivity contribution in [2.75, 3.05) is 17.2 Å². The van der Waals surface area contributed by atoms with Gasteiger partial charge in [0.25, 0.3) is 5.91 Å². The highest BCUT2D eigenvalue weighted by atomic mass is 32.2. The summed E-state index contributed by atoms with van der Waals surface area (Å²) in [6, 6.07) is 14.3. The molecule has 3 aliphatic heterocycles. The Balaban J connectivity index is 1.61. The summed E-state index contributed by atoms with van der Waals surface area (Å²) in [5, 5.41) is 3.21. The summed E-state index contributed by atoms with van der Waals surface area (Å²) in [7, 11) is 0. The van der Waals surface area contributed by atoms with Crippen LogP contribution in [0.2, 0.25) is 0 Å². The molecule has 2 atom stereocenters. The molecule has 0 aromatic heterocycles. The van der Waals surface area contributed by atoms with Crippen LogP contribution in [0.4, 0.5) is 5.69 Å². The van der Waals surface area contributed by atoms with Crippen LogP contribution in [0.5, 0.6) is 0 Å². The molecule has 3 N–H and O–H groups in total. The Morgan fingerprint density at radius 1 is 1.16 bits per heavy atom. The third-order valence-corrected chi connectivity index (χ3v) is 6.42. The van der Waals surface area contributed by atoms with Crippen LogP contribution in [0.1, 0.15) is 33.9 Å². The molecule has 3 heterocycles. The number of amides is 1. The molecule has 2 aromatic carbocycles. The molecule has 0 bridgehead atoms. The van der Waals surface area contributed by atoms with Crippen LogP contribution in [-0.4, -0.2) is 24.4 Å². The smallest absolute Gasteiger partial charge is 0.255 e. The monoisotopic (exact) mass is 349 g/mol. The minimum atomic E-state index is -0.0884. The molecular formula is C20H19N3OS. The number of fused-ring (bicyclic) bond motifs is 1. The number of hydrogen-bond donors (Lipinski definition) is 2. The van der Waals surface area contributed by atoms with Crippen LogP contribution in [0.15, 0.2) is 52.9 Å². The second kappa shape index (κ2) is 5.64. The predicted molar refractivity (Wildman–Crippen MR) is 102 cm³/mol. The Morgan fingerprint density at radius 3 is 2.96 bits per heavy atom. The molecule has 3 aliphatic rings. The average Bonchev–Trinajstić information content (AvgIpc) is 2.66. The van der Waals surface area contributed by atoms with Crippen LogP contribution in [-0.2, 0) is 0 Å². The molecule has 5 heteroatoms. The van der Waals surface area contributed by atoms with Gasteiger partial charge in [0, 0.05) is 23.2 Å². The maximum atomic E-state index is 12.7. The lowest BCUT2D eigenvalue weighted by Crippen LogP contribution is -2.56. The Kier molecular flexibility index (Phi) is 3.40. The lowest BCUT2D eigenvalue weighted by Gasteiger charge is -2.45. The van der Waals surface area contributed by atoms with E-state index in [1.165, 1.54) is 16.0 Å². The van der Waals surface area contributed by atoms with Crippen LogP contribution >= 0.6 is 11.8 Å². The van der Waals surface area contributed by atoms with E-state index in [9.17, 15) is 4.79 Å². The summed E-state index contributed by atoms with van der Waals surface area (Å²) < 4.78 is 0. The third-order valence-electron chi connectivity index (χ3n) is 5.26. The van der Waals surface area contributed by atoms with Crippen LogP contribution in [0.3, 0.4) is 0 Å². The number of para-hydroxylation sites is 1. The van der Waals surface area contributed by atoms with Gasteiger partial charge in [-0.15, -0.1) is 11.8 Å². The summed E-state index contributed by atoms with van der Waals surface area (Å²) in [6.45, 7) is 0.861. The molecule has 0 saturated heterocycles. The molecule has 4 nitrogen and oxygen atoms in total. The first-order valence-corrected chi connectivity index (χ1v) is 9.59. The minimum Gasteiger partial charge on any atom is -0.347 e. The number of nitrogens with one attached hydrogen (secondary N) is 1. The van der Waals surface area contributed by atoms with E-state index in [1.54, 1.807) is 0 Å². The second-order valence-electron chi connectivity index (χ2n) is 6.75. The SMILES string of the molecule is N[C@@H]1CCN2c3c(cccc31)C(=O)N[C@H]2C1=Cc2ccccc2SC1. The number of nitrogens with zero attached hydrogens (tertiary/aromatic N) is 1. The van der Waals surface area contributed by atoms with Gasteiger partial charge < -0.3 is 16.0 Å². The fraction of sp³-hybridized carbons (Fsp3) is 0.250. The van der Waals surface area contributed by atoms with Gasteiger partial charge in [-0.25, -0.2) is 0 Å². The molecule has 0 unspecified atom stereocenters. The van der Waals surface area contributed by atoms with Crippen molar-refractivity contribution < 1.29 is 4.79 Å². The Morgan fingerprint density at radius 2 is 2.04 bits per heavy atom. The Hall–Kier alpha value is -2.24. The van der Waals surface area contributed by atoms with Crippen molar-refractivity contribution in [2.45, 2.75) is 23.5 Å². The molecule has 126 valence electrons. The van der Waals surface area contributed by atoms with E-state index in [0.717, 1.165) is 35.5 Å². The summed E-state index contributed by atoms with van der Waals surface area (Å²) in [5.74, 6) is 0.888. The van der Waals surface area contributed by atoms with E-state index in [0.29, 0.717) is 0 Å². The zero-order valence-electron chi connectivity index (χ0n) is 13.7. The maximum Gasteiger partial charge on any atom is 0.255 e. The summed E-state index contributed by atoms with van der Waals surface area (Å²) in [6.07, 6.45) is 3.05. The first-order chi connectivity index (χ1) is 12.2. The van der Waals surface area contributed by atoms with E-state index in [2.05, 4.69) is 46.6 Å². The maximum absolute atomic E-state index is 12.7. The molecule has 2 aromatic rings. The topological polar surface area (TPSA) is 58.4 Å². The molecule has 1 amide bonds. The van der Waals surface area contributed by atoms with E-state index in [-0.39, 0.29) is 18.1 Å². The first kappa shape index (κ1) is 15.0. The molecular weight excluding hydrogens is 330 g/mol. The van der Waals surface area contributed by atoms with E-state index >= 15 is 0 Å². The number of hydrogen-bond acceptors (Lipinski definition) is 4. The van der Waals surface area contributed by atoms with Crippen LogP contribution in [0, 0.1) is 0 Å². The average molecular weight is 349 g/mol. The molecule has 5 rings (SSSR count). The highest BCUT2D eigenvalue weighted by Gasteiger charge is 2.38. The largest absolute Gasteiger partial charge is 0.347 e. The summed E-state index contributed by atoms with van der Waals surface area (Å²) >= 11 is 1.84. The predicted octanol–water partition coefficient (Wildman–Crippen LogP) is 3.16. The zero-order chi connectivity index (χ0) is 17.0. The van der Waals surface area contributed by atoms with Crippen molar-refractivity contribution in [3.05, 3.63) is 64.7 Å². The number of anilines is 1. The van der Waals surface area contributed by atoms with Crippen molar-refractivity contribution >= 4 is 29.4 Å². The zero-order valence-corrected chi connectivity index (χ0v) is 14.6. The standard InChI is InChI=1S/C20H19N3OS/c21-16-8-9-23-18-14(16)5-3-6-15(18)20(24)22-19(23)13-10-12-4-1-2-7-17(12)25-11-13/h1-7,10,16,19H,8-9,11,21H2,(H,22,24)/t16-,19-/m1/s1. The van der Waals surface area contributed by atoms with Crippen molar-refractivity contribution in [2.24, 2.45) is 5.73 Å². The van der Waals surface area contributed by atoms with Gasteiger partial charge >= 0.3 is 0 Å². The highest BCUT2D eigenvalue weighted by molar-refractivity contribution is 7.99. The van der Waals surface area contributed by atoms with Gasteiger partial charge in [-0.05, 0) is 41.3 Å². The molecule has 0 spiro atoms. The first-order valence-electron chi connectivity index (χ1n) is 8.60. The van der Waals surface area contributed by atoms with Gasteiger partial charge in [-0.1, -0.05) is 30.3 Å². The van der Waals surface area contributed by atoms with Crippen molar-refractivity contribution in [1.82, 2.24) is 5.32 Å². The fourth-order valence-corrected chi connectivity index (χ4v) is 5.06. The van der Waals surface area contributed by atoms with Crippen molar-refractivity contribution in [3.63, 3.8) is 0 Å². The van der Waals surface area contributed by atoms with Crippen LogP contribution in [0.25, 0.3) is 6.08 Å². The van der Waals surface area contributed by atoms with E-state index < -0.39 is 0 Å². The van der Waals surface area contributed by atoms with E-state index in [1.807, 2.05) is 23.9 Å². The van der Waals surface area contributed by atoms with Gasteiger partial charge in [-0.3, -0.25) is 4.79 Å². The summed E-state index contributed by atoms with van der Waals surface area (Å²) in [5.41, 5.74) is 11.6. The minimum absolute atomic E-state index is 0.00282. The molecule has 0 saturated carbocycles. The number of nitrogens with two attached hydrogens (primary N) is 1. The molecule has 0 fully saturated rings. The number of carbonyl (C=O) groups excluding carboxylic acids is 1. The van der Waals surface area contributed by atoms with Crippen molar-refractivity contribution in [3.8, 4) is 0 Å². The molecule has 0 radical (unpaired) electrons. The number of thioether (sulfide) groups is 1. The number of carbonyl (C=O) groups is 1. The molecule has 25 heavy (non-hydrogen) atoms. The van der Waals surface area contributed by atoms with Crippen molar-refractivity contribution in [1.29, 1.82) is 0 Å². The van der Waals surface area contributed by atoms with Gasteiger partial charge in [0.2, 0.25) is 0 Å². The van der Waals surface area contributed by atoms with Gasteiger partial charge in [0.05, 0.1) is 11.3 Å². The van der Waals surface area contributed by atoms with Gasteiger partial charge in [0.15, 0.2) is 0 Å². The lowest BCUT2D eigenvalue weighted by molar-refractivity contribution is 0.0932. The second-order valence-corrected chi connectivity index (χ2v) is 7.77. The third kappa shape index (κ3) is 2.30. The Bertz CT molecular complexity index is 908. The highest BCUT2D eigenvalue weighted by Crippen LogP contribution is 2.41. The quantitative estimate of drug-likeness (QED) is 0.830. The Labute approximate surface area is 151 Å². The molecule has 0 aliphatic carbocycles. The fourth-order valence-electron chi connectivity index (χ4n) is 4.03. The normalized spacial score (nSPS) is 24.1. The number of benzene rings is 2. The van der Waals surface area contributed by atoms with E-state index in [4.69, 9.17) is 5.73 Å². The van der Waals surface area contributed by atoms with Gasteiger partial charge in [-0.2, -0.15) is 0 Å².